The molecule has 0 saturated heterocycles. The van der Waals surface area contributed by atoms with Gasteiger partial charge >= 0.3 is 0 Å². The first-order valence-corrected chi connectivity index (χ1v) is 7.98. The predicted molar refractivity (Wildman–Crippen MR) is 91.7 cm³/mol. The van der Waals surface area contributed by atoms with Gasteiger partial charge in [0.2, 0.25) is 5.91 Å². The van der Waals surface area contributed by atoms with Crippen LogP contribution >= 0.6 is 12.2 Å². The number of H-pyrrole nitrogens is 2. The summed E-state index contributed by atoms with van der Waals surface area (Å²) >= 11 is 5.14. The van der Waals surface area contributed by atoms with Gasteiger partial charge in [-0.05, 0) is 37.7 Å². The molecular formula is C16H19N5OS. The van der Waals surface area contributed by atoms with E-state index in [0.29, 0.717) is 17.7 Å². The van der Waals surface area contributed by atoms with Gasteiger partial charge in [0.05, 0.1) is 13.0 Å². The molecule has 0 spiro atoms. The zero-order chi connectivity index (χ0) is 16.4. The van der Waals surface area contributed by atoms with Gasteiger partial charge in [-0.15, -0.1) is 0 Å². The molecule has 0 saturated carbocycles. The van der Waals surface area contributed by atoms with E-state index >= 15 is 0 Å². The quantitative estimate of drug-likeness (QED) is 0.630. The number of amides is 1. The highest BCUT2D eigenvalue weighted by atomic mass is 32.1. The third-order valence-electron chi connectivity index (χ3n) is 3.96. The van der Waals surface area contributed by atoms with Crippen LogP contribution in [0.4, 0.5) is 0 Å². The fourth-order valence-corrected chi connectivity index (χ4v) is 3.05. The Hall–Kier alpha value is -2.41. The van der Waals surface area contributed by atoms with Gasteiger partial charge in [0, 0.05) is 23.1 Å². The van der Waals surface area contributed by atoms with Crippen molar-refractivity contribution >= 4 is 29.0 Å². The summed E-state index contributed by atoms with van der Waals surface area (Å²) in [6, 6.07) is 8.01. The molecule has 0 unspecified atom stereocenters. The SMILES string of the molecule is CCn1c(CNC(=O)Cc2c(C)[nH]c3ccccc23)n[nH]c1=S. The second-order valence-electron chi connectivity index (χ2n) is 5.42. The molecule has 0 atom stereocenters. The van der Waals surface area contributed by atoms with E-state index in [1.807, 2.05) is 42.7 Å². The normalized spacial score (nSPS) is 11.0. The molecule has 0 radical (unpaired) electrons. The lowest BCUT2D eigenvalue weighted by molar-refractivity contribution is -0.120. The Labute approximate surface area is 138 Å². The first-order valence-electron chi connectivity index (χ1n) is 7.57. The van der Waals surface area contributed by atoms with Gasteiger partial charge in [0.1, 0.15) is 0 Å². The van der Waals surface area contributed by atoms with Crippen LogP contribution in [0.15, 0.2) is 24.3 Å². The third-order valence-corrected chi connectivity index (χ3v) is 4.27. The summed E-state index contributed by atoms with van der Waals surface area (Å²) in [5, 5.41) is 10.9. The van der Waals surface area contributed by atoms with Gasteiger partial charge in [0.15, 0.2) is 10.6 Å². The van der Waals surface area contributed by atoms with Crippen LogP contribution in [0.2, 0.25) is 0 Å². The lowest BCUT2D eigenvalue weighted by atomic mass is 10.1. The van der Waals surface area contributed by atoms with Crippen LogP contribution in [0.3, 0.4) is 0 Å². The van der Waals surface area contributed by atoms with Crippen molar-refractivity contribution in [3.8, 4) is 0 Å². The van der Waals surface area contributed by atoms with Crippen LogP contribution in [0.25, 0.3) is 10.9 Å². The molecule has 23 heavy (non-hydrogen) atoms. The highest BCUT2D eigenvalue weighted by Gasteiger charge is 2.13. The van der Waals surface area contributed by atoms with E-state index in [0.717, 1.165) is 34.5 Å². The number of hydrogen-bond acceptors (Lipinski definition) is 3. The minimum absolute atomic E-state index is 0.0329. The standard InChI is InChI=1S/C16H19N5OS/c1-3-21-14(19-20-16(21)23)9-17-15(22)8-12-10(2)18-13-7-5-4-6-11(12)13/h4-7,18H,3,8-9H2,1-2H3,(H,17,22)(H,20,23). The molecule has 0 aliphatic carbocycles. The molecule has 2 aromatic heterocycles. The van der Waals surface area contributed by atoms with Crippen molar-refractivity contribution in [1.82, 2.24) is 25.1 Å². The number of aromatic amines is 2. The first-order chi connectivity index (χ1) is 11.1. The maximum atomic E-state index is 12.3. The topological polar surface area (TPSA) is 78.5 Å². The molecule has 7 heteroatoms. The molecule has 0 bridgehead atoms. The number of aromatic nitrogens is 4. The van der Waals surface area contributed by atoms with Crippen LogP contribution in [-0.2, 0) is 24.3 Å². The van der Waals surface area contributed by atoms with Gasteiger partial charge in [-0.3, -0.25) is 9.89 Å². The number of para-hydroxylation sites is 1. The van der Waals surface area contributed by atoms with Crippen molar-refractivity contribution in [2.75, 3.05) is 0 Å². The first kappa shape index (κ1) is 15.5. The number of hydrogen-bond donors (Lipinski definition) is 3. The fraction of sp³-hybridized carbons (Fsp3) is 0.312. The van der Waals surface area contributed by atoms with E-state index in [2.05, 4.69) is 20.5 Å². The second-order valence-corrected chi connectivity index (χ2v) is 5.80. The summed E-state index contributed by atoms with van der Waals surface area (Å²) in [7, 11) is 0. The molecule has 120 valence electrons. The highest BCUT2D eigenvalue weighted by Crippen LogP contribution is 2.22. The Kier molecular flexibility index (Phi) is 4.29. The highest BCUT2D eigenvalue weighted by molar-refractivity contribution is 7.71. The van der Waals surface area contributed by atoms with Crippen LogP contribution in [0.5, 0.6) is 0 Å². The molecule has 2 heterocycles. The number of nitrogens with one attached hydrogen (secondary N) is 3. The van der Waals surface area contributed by atoms with Crippen LogP contribution in [-0.4, -0.2) is 25.7 Å². The van der Waals surface area contributed by atoms with E-state index in [1.54, 1.807) is 0 Å². The van der Waals surface area contributed by atoms with Gasteiger partial charge in [0.25, 0.3) is 0 Å². The van der Waals surface area contributed by atoms with Gasteiger partial charge < -0.3 is 14.9 Å². The van der Waals surface area contributed by atoms with Crippen molar-refractivity contribution in [3.63, 3.8) is 0 Å². The number of aryl methyl sites for hydroxylation is 1. The molecule has 3 aromatic rings. The number of carbonyl (C=O) groups excluding carboxylic acids is 1. The molecule has 0 fully saturated rings. The zero-order valence-electron chi connectivity index (χ0n) is 13.1. The van der Waals surface area contributed by atoms with E-state index in [9.17, 15) is 4.79 Å². The van der Waals surface area contributed by atoms with E-state index in [1.165, 1.54) is 0 Å². The number of nitrogens with zero attached hydrogens (tertiary/aromatic N) is 2. The third kappa shape index (κ3) is 3.05. The average Bonchev–Trinajstić information content (AvgIpc) is 3.05. The average molecular weight is 329 g/mol. The molecule has 1 amide bonds. The van der Waals surface area contributed by atoms with Crippen LogP contribution in [0.1, 0.15) is 24.0 Å². The molecule has 1 aromatic carbocycles. The molecular weight excluding hydrogens is 310 g/mol. The van der Waals surface area contributed by atoms with Gasteiger partial charge in [-0.2, -0.15) is 5.10 Å². The Balaban J connectivity index is 1.72. The number of benzene rings is 1. The summed E-state index contributed by atoms with van der Waals surface area (Å²) in [6.07, 6.45) is 0.340. The Morgan fingerprint density at radius 1 is 1.39 bits per heavy atom. The van der Waals surface area contributed by atoms with E-state index in [4.69, 9.17) is 12.2 Å². The smallest absolute Gasteiger partial charge is 0.224 e. The van der Waals surface area contributed by atoms with Crippen molar-refractivity contribution in [3.05, 3.63) is 46.1 Å². The summed E-state index contributed by atoms with van der Waals surface area (Å²) in [4.78, 5) is 15.6. The molecule has 0 aliphatic rings. The summed E-state index contributed by atoms with van der Waals surface area (Å²) in [5.74, 6) is 0.705. The molecule has 3 rings (SSSR count). The number of fused-ring (bicyclic) bond motifs is 1. The zero-order valence-corrected chi connectivity index (χ0v) is 14.0. The minimum Gasteiger partial charge on any atom is -0.358 e. The Bertz CT molecular complexity index is 905. The minimum atomic E-state index is -0.0329. The molecule has 3 N–H and O–H groups in total. The maximum absolute atomic E-state index is 12.3. The molecule has 0 aliphatic heterocycles. The second kappa shape index (κ2) is 6.37. The monoisotopic (exact) mass is 329 g/mol. The van der Waals surface area contributed by atoms with E-state index < -0.39 is 0 Å². The van der Waals surface area contributed by atoms with Gasteiger partial charge in [-0.25, -0.2) is 0 Å². The Morgan fingerprint density at radius 2 is 2.17 bits per heavy atom. The Morgan fingerprint density at radius 3 is 2.96 bits per heavy atom. The molecule has 6 nitrogen and oxygen atoms in total. The van der Waals surface area contributed by atoms with Crippen molar-refractivity contribution in [1.29, 1.82) is 0 Å². The van der Waals surface area contributed by atoms with Gasteiger partial charge in [-0.1, -0.05) is 18.2 Å². The lowest BCUT2D eigenvalue weighted by Gasteiger charge is -2.06. The fourth-order valence-electron chi connectivity index (χ4n) is 2.77. The predicted octanol–water partition coefficient (Wildman–Crippen LogP) is 2.61. The van der Waals surface area contributed by atoms with Crippen molar-refractivity contribution < 1.29 is 4.79 Å². The largest absolute Gasteiger partial charge is 0.358 e. The van der Waals surface area contributed by atoms with Crippen LogP contribution in [0, 0.1) is 11.7 Å². The number of rotatable bonds is 5. The van der Waals surface area contributed by atoms with Crippen molar-refractivity contribution in [2.45, 2.75) is 33.4 Å². The van der Waals surface area contributed by atoms with Crippen LogP contribution < -0.4 is 5.32 Å². The maximum Gasteiger partial charge on any atom is 0.224 e. The number of carbonyl (C=O) groups is 1. The lowest BCUT2D eigenvalue weighted by Crippen LogP contribution is -2.26. The summed E-state index contributed by atoms with van der Waals surface area (Å²) in [5.41, 5.74) is 3.12. The van der Waals surface area contributed by atoms with E-state index in [-0.39, 0.29) is 5.91 Å². The summed E-state index contributed by atoms with van der Waals surface area (Å²) in [6.45, 7) is 5.07. The van der Waals surface area contributed by atoms with Crippen molar-refractivity contribution in [2.24, 2.45) is 0 Å². The summed E-state index contributed by atoms with van der Waals surface area (Å²) < 4.78 is 2.44.